The van der Waals surface area contributed by atoms with Crippen LogP contribution in [0, 0.1) is 0 Å². The summed E-state index contributed by atoms with van der Waals surface area (Å²) in [5.41, 5.74) is 9.12. The fraction of sp³-hybridized carbons (Fsp3) is 0.250. The molecule has 3 heteroatoms. The first kappa shape index (κ1) is 13.6. The monoisotopic (exact) mass is 256 g/mol. The van der Waals surface area contributed by atoms with Crippen LogP contribution in [0.2, 0.25) is 0 Å². The number of nitrogens with one attached hydrogen (secondary N) is 1. The van der Waals surface area contributed by atoms with E-state index >= 15 is 0 Å². The van der Waals surface area contributed by atoms with Crippen molar-refractivity contribution in [1.29, 1.82) is 0 Å². The Balaban J connectivity index is 1.96. The lowest BCUT2D eigenvalue weighted by molar-refractivity contribution is 0.164. The van der Waals surface area contributed by atoms with Gasteiger partial charge < -0.3 is 16.2 Å². The van der Waals surface area contributed by atoms with Crippen molar-refractivity contribution in [3.05, 3.63) is 65.7 Å². The van der Waals surface area contributed by atoms with E-state index < -0.39 is 6.10 Å². The van der Waals surface area contributed by atoms with Gasteiger partial charge in [-0.3, -0.25) is 0 Å². The van der Waals surface area contributed by atoms with Crippen molar-refractivity contribution >= 4 is 5.69 Å². The van der Waals surface area contributed by atoms with Crippen LogP contribution in [0.1, 0.15) is 24.1 Å². The van der Waals surface area contributed by atoms with E-state index in [-0.39, 0.29) is 6.04 Å². The minimum atomic E-state index is -0.539. The molecule has 0 saturated heterocycles. The number of aliphatic hydroxyl groups excluding tert-OH is 1. The lowest BCUT2D eigenvalue weighted by Crippen LogP contribution is -2.22. The molecule has 2 rings (SSSR count). The number of hydrogen-bond acceptors (Lipinski definition) is 3. The quantitative estimate of drug-likeness (QED) is 0.771. The Bertz CT molecular complexity index is 494. The fourth-order valence-corrected chi connectivity index (χ4v) is 1.90. The molecule has 0 aliphatic rings. The van der Waals surface area contributed by atoms with Crippen LogP contribution in [0.15, 0.2) is 54.6 Å². The molecule has 2 aromatic carbocycles. The highest BCUT2D eigenvalue weighted by atomic mass is 16.3. The van der Waals surface area contributed by atoms with E-state index in [1.165, 1.54) is 5.56 Å². The molecule has 0 aliphatic heterocycles. The van der Waals surface area contributed by atoms with Crippen molar-refractivity contribution in [2.75, 3.05) is 5.32 Å². The summed E-state index contributed by atoms with van der Waals surface area (Å²) in [5, 5.41) is 12.8. The van der Waals surface area contributed by atoms with Gasteiger partial charge in [0.05, 0.1) is 12.1 Å². The van der Waals surface area contributed by atoms with Crippen molar-refractivity contribution in [1.82, 2.24) is 0 Å². The Morgan fingerprint density at radius 2 is 1.68 bits per heavy atom. The first-order chi connectivity index (χ1) is 9.16. The summed E-state index contributed by atoms with van der Waals surface area (Å²) in [6.45, 7) is 2.49. The lowest BCUT2D eigenvalue weighted by Gasteiger charge is -2.15. The summed E-state index contributed by atoms with van der Waals surface area (Å²) in [6.07, 6.45) is -0.539. The summed E-state index contributed by atoms with van der Waals surface area (Å²) < 4.78 is 0. The highest BCUT2D eigenvalue weighted by Crippen LogP contribution is 2.17. The van der Waals surface area contributed by atoms with Crippen molar-refractivity contribution < 1.29 is 5.11 Å². The molecule has 2 atom stereocenters. The molecule has 0 unspecified atom stereocenters. The van der Waals surface area contributed by atoms with Gasteiger partial charge in [-0.25, -0.2) is 0 Å². The SMILES string of the molecule is C[C@@H](O)[C@@H](N)c1ccc(NCc2ccccc2)cc1. The first-order valence-electron chi connectivity index (χ1n) is 6.48. The molecule has 100 valence electrons. The second-order valence-electron chi connectivity index (χ2n) is 4.73. The fourth-order valence-electron chi connectivity index (χ4n) is 1.90. The standard InChI is InChI=1S/C16H20N2O/c1-12(19)16(17)14-7-9-15(10-8-14)18-11-13-5-3-2-4-6-13/h2-10,12,16,18-19H,11,17H2,1H3/t12-,16-/m1/s1. The molecule has 3 nitrogen and oxygen atoms in total. The number of anilines is 1. The maximum atomic E-state index is 9.46. The van der Waals surface area contributed by atoms with E-state index in [4.69, 9.17) is 5.73 Å². The number of nitrogens with two attached hydrogens (primary N) is 1. The van der Waals surface area contributed by atoms with E-state index in [1.54, 1.807) is 6.92 Å². The Morgan fingerprint density at radius 1 is 1.05 bits per heavy atom. The molecule has 0 radical (unpaired) electrons. The summed E-state index contributed by atoms with van der Waals surface area (Å²) >= 11 is 0. The first-order valence-corrected chi connectivity index (χ1v) is 6.48. The van der Waals surface area contributed by atoms with Gasteiger partial charge in [0.1, 0.15) is 0 Å². The number of benzene rings is 2. The maximum absolute atomic E-state index is 9.46. The normalized spacial score (nSPS) is 13.8. The summed E-state index contributed by atoms with van der Waals surface area (Å²) in [6, 6.07) is 17.8. The molecule has 0 saturated carbocycles. The second-order valence-corrected chi connectivity index (χ2v) is 4.73. The second kappa shape index (κ2) is 6.36. The third-order valence-electron chi connectivity index (χ3n) is 3.15. The molecule has 19 heavy (non-hydrogen) atoms. The smallest absolute Gasteiger partial charge is 0.0704 e. The minimum absolute atomic E-state index is 0.330. The van der Waals surface area contributed by atoms with Crippen molar-refractivity contribution in [2.45, 2.75) is 25.6 Å². The molecule has 0 heterocycles. The maximum Gasteiger partial charge on any atom is 0.0704 e. The van der Waals surface area contributed by atoms with Crippen LogP contribution in [0.25, 0.3) is 0 Å². The van der Waals surface area contributed by atoms with Gasteiger partial charge in [-0.1, -0.05) is 42.5 Å². The van der Waals surface area contributed by atoms with E-state index in [0.717, 1.165) is 17.8 Å². The Labute approximate surface area is 114 Å². The van der Waals surface area contributed by atoms with E-state index in [0.29, 0.717) is 0 Å². The van der Waals surface area contributed by atoms with Gasteiger partial charge in [0, 0.05) is 12.2 Å². The Hall–Kier alpha value is -1.84. The predicted molar refractivity (Wildman–Crippen MR) is 78.8 cm³/mol. The number of hydrogen-bond donors (Lipinski definition) is 3. The van der Waals surface area contributed by atoms with Crippen LogP contribution in [0.4, 0.5) is 5.69 Å². The summed E-state index contributed by atoms with van der Waals surface area (Å²) in [7, 11) is 0. The third kappa shape index (κ3) is 3.81. The zero-order valence-corrected chi connectivity index (χ0v) is 11.1. The van der Waals surface area contributed by atoms with Crippen molar-refractivity contribution in [3.8, 4) is 0 Å². The van der Waals surface area contributed by atoms with Crippen LogP contribution in [0.5, 0.6) is 0 Å². The van der Waals surface area contributed by atoms with Crippen molar-refractivity contribution in [3.63, 3.8) is 0 Å². The molecule has 0 bridgehead atoms. The van der Waals surface area contributed by atoms with Crippen LogP contribution < -0.4 is 11.1 Å². The molecule has 4 N–H and O–H groups in total. The highest BCUT2D eigenvalue weighted by molar-refractivity contribution is 5.45. The molecule has 0 amide bonds. The average molecular weight is 256 g/mol. The summed E-state index contributed by atoms with van der Waals surface area (Å²) in [4.78, 5) is 0. The molecule has 0 fully saturated rings. The topological polar surface area (TPSA) is 58.3 Å². The zero-order chi connectivity index (χ0) is 13.7. The largest absolute Gasteiger partial charge is 0.391 e. The van der Waals surface area contributed by atoms with E-state index in [1.807, 2.05) is 42.5 Å². The molecular formula is C16H20N2O. The van der Waals surface area contributed by atoms with Crippen LogP contribution in [-0.4, -0.2) is 11.2 Å². The van der Waals surface area contributed by atoms with Crippen LogP contribution in [0.3, 0.4) is 0 Å². The van der Waals surface area contributed by atoms with E-state index in [9.17, 15) is 5.11 Å². The Morgan fingerprint density at radius 3 is 2.26 bits per heavy atom. The van der Waals surface area contributed by atoms with Crippen LogP contribution >= 0.6 is 0 Å². The van der Waals surface area contributed by atoms with Gasteiger partial charge in [0.15, 0.2) is 0 Å². The van der Waals surface area contributed by atoms with E-state index in [2.05, 4.69) is 17.4 Å². The molecule has 0 spiro atoms. The van der Waals surface area contributed by atoms with Gasteiger partial charge >= 0.3 is 0 Å². The molecule has 2 aromatic rings. The minimum Gasteiger partial charge on any atom is -0.391 e. The molecule has 0 aliphatic carbocycles. The lowest BCUT2D eigenvalue weighted by atomic mass is 10.0. The number of aliphatic hydroxyl groups is 1. The van der Waals surface area contributed by atoms with Gasteiger partial charge in [-0.15, -0.1) is 0 Å². The van der Waals surface area contributed by atoms with Gasteiger partial charge in [0.25, 0.3) is 0 Å². The summed E-state index contributed by atoms with van der Waals surface area (Å²) in [5.74, 6) is 0. The van der Waals surface area contributed by atoms with Gasteiger partial charge in [-0.2, -0.15) is 0 Å². The van der Waals surface area contributed by atoms with Crippen LogP contribution in [-0.2, 0) is 6.54 Å². The highest BCUT2D eigenvalue weighted by Gasteiger charge is 2.11. The zero-order valence-electron chi connectivity index (χ0n) is 11.1. The molecular weight excluding hydrogens is 236 g/mol. The van der Waals surface area contributed by atoms with Gasteiger partial charge in [0.2, 0.25) is 0 Å². The van der Waals surface area contributed by atoms with Gasteiger partial charge in [-0.05, 0) is 30.2 Å². The number of rotatable bonds is 5. The van der Waals surface area contributed by atoms with Crippen molar-refractivity contribution in [2.24, 2.45) is 5.73 Å². The molecule has 0 aromatic heterocycles. The predicted octanol–water partition coefficient (Wildman–Crippen LogP) is 2.68. The third-order valence-corrected chi connectivity index (χ3v) is 3.15. The Kier molecular flexibility index (Phi) is 4.55. The average Bonchev–Trinajstić information content (AvgIpc) is 2.46.